The van der Waals surface area contributed by atoms with Gasteiger partial charge in [-0.3, -0.25) is 4.79 Å². The lowest BCUT2D eigenvalue weighted by molar-refractivity contribution is 0.0951. The molecule has 0 atom stereocenters. The summed E-state index contributed by atoms with van der Waals surface area (Å²) in [7, 11) is 0. The van der Waals surface area contributed by atoms with Crippen molar-refractivity contribution in [2.75, 3.05) is 0 Å². The van der Waals surface area contributed by atoms with Gasteiger partial charge in [0, 0.05) is 17.6 Å². The van der Waals surface area contributed by atoms with Gasteiger partial charge >= 0.3 is 0 Å². The van der Waals surface area contributed by atoms with Gasteiger partial charge in [-0.15, -0.1) is 11.3 Å². The minimum atomic E-state index is -0.0378. The predicted octanol–water partition coefficient (Wildman–Crippen LogP) is 8.10. The van der Waals surface area contributed by atoms with Gasteiger partial charge in [-0.1, -0.05) is 60.7 Å². The molecule has 0 aliphatic heterocycles. The third-order valence-electron chi connectivity index (χ3n) is 6.25. The summed E-state index contributed by atoms with van der Waals surface area (Å²) >= 11 is 6.30. The number of ether oxygens (including phenoxy) is 1. The number of halogens is 2. The lowest BCUT2D eigenvalue weighted by Gasteiger charge is -2.13. The van der Waals surface area contributed by atoms with Crippen LogP contribution in [0.1, 0.15) is 50.3 Å². The molecule has 0 saturated carbocycles. The first-order valence-corrected chi connectivity index (χ1v) is 15.2. The fourth-order valence-electron chi connectivity index (χ4n) is 4.40. The number of nitrogens with one attached hydrogen (secondary N) is 1. The second kappa shape index (κ2) is 12.5. The average molecular weight is 732 g/mol. The monoisotopic (exact) mass is 732 g/mol. The van der Waals surface area contributed by atoms with Crippen LogP contribution in [0.15, 0.2) is 77.8 Å². The van der Waals surface area contributed by atoms with Crippen LogP contribution in [-0.4, -0.2) is 12.1 Å². The van der Waals surface area contributed by atoms with Crippen LogP contribution in [0.2, 0.25) is 0 Å². The van der Waals surface area contributed by atoms with Gasteiger partial charge in [-0.05, 0) is 105 Å². The van der Waals surface area contributed by atoms with Gasteiger partial charge in [-0.2, -0.15) is 0 Å². The molecule has 0 saturated heterocycles. The molecular formula is C30H26I2N2O2S. The van der Waals surface area contributed by atoms with Crippen molar-refractivity contribution < 1.29 is 9.53 Å². The molecule has 4 nitrogen and oxygen atoms in total. The van der Waals surface area contributed by atoms with Crippen molar-refractivity contribution in [3.05, 3.63) is 113 Å². The maximum atomic E-state index is 13.3. The smallest absolute Gasteiger partial charge is 0.254 e. The Hall–Kier alpha value is -2.24. The highest BCUT2D eigenvalue weighted by Crippen LogP contribution is 2.40. The van der Waals surface area contributed by atoms with Crippen molar-refractivity contribution in [2.45, 2.75) is 38.8 Å². The van der Waals surface area contributed by atoms with E-state index in [2.05, 4.69) is 74.8 Å². The number of carbonyl (C=O) groups excluding carboxylic acids is 1. The average Bonchev–Trinajstić information content (AvgIpc) is 3.30. The molecular weight excluding hydrogens is 706 g/mol. The topological polar surface area (TPSA) is 50.7 Å². The second-order valence-electron chi connectivity index (χ2n) is 8.91. The van der Waals surface area contributed by atoms with Gasteiger partial charge in [0.25, 0.3) is 5.91 Å². The predicted molar refractivity (Wildman–Crippen MR) is 168 cm³/mol. The summed E-state index contributed by atoms with van der Waals surface area (Å²) in [5.74, 6) is 0.846. The highest BCUT2D eigenvalue weighted by Gasteiger charge is 2.25. The first kappa shape index (κ1) is 26.4. The third kappa shape index (κ3) is 6.61. The molecule has 3 aromatic carbocycles. The number of nitrogens with zero attached hydrogens (tertiary/aromatic N) is 1. The summed E-state index contributed by atoms with van der Waals surface area (Å²) in [4.78, 5) is 19.5. The lowest BCUT2D eigenvalue weighted by atomic mass is 9.95. The van der Waals surface area contributed by atoms with E-state index < -0.39 is 0 Å². The summed E-state index contributed by atoms with van der Waals surface area (Å²) < 4.78 is 8.20. The van der Waals surface area contributed by atoms with Crippen molar-refractivity contribution in [1.82, 2.24) is 5.32 Å². The molecule has 1 amide bonds. The Morgan fingerprint density at radius 3 is 2.30 bits per heavy atom. The van der Waals surface area contributed by atoms with Gasteiger partial charge in [0.15, 0.2) is 0 Å². The maximum absolute atomic E-state index is 13.3. The van der Waals surface area contributed by atoms with Crippen molar-refractivity contribution in [3.8, 4) is 5.75 Å². The van der Waals surface area contributed by atoms with Crippen LogP contribution in [0.5, 0.6) is 5.75 Å². The molecule has 1 aliphatic rings. The zero-order chi connectivity index (χ0) is 25.6. The van der Waals surface area contributed by atoms with E-state index in [1.807, 2.05) is 54.7 Å². The zero-order valence-electron chi connectivity index (χ0n) is 20.2. The Labute approximate surface area is 248 Å². The highest BCUT2D eigenvalue weighted by molar-refractivity contribution is 14.1. The Morgan fingerprint density at radius 1 is 0.946 bits per heavy atom. The van der Waals surface area contributed by atoms with Crippen molar-refractivity contribution in [2.24, 2.45) is 4.99 Å². The molecule has 4 aromatic rings. The number of thiophene rings is 1. The molecule has 0 unspecified atom stereocenters. The van der Waals surface area contributed by atoms with E-state index in [9.17, 15) is 4.79 Å². The van der Waals surface area contributed by atoms with E-state index in [0.29, 0.717) is 13.2 Å². The zero-order valence-corrected chi connectivity index (χ0v) is 25.3. The number of hydrogen-bond donors (Lipinski definition) is 1. The number of rotatable bonds is 8. The van der Waals surface area contributed by atoms with E-state index in [0.717, 1.165) is 59.4 Å². The minimum absolute atomic E-state index is 0.0378. The molecule has 1 N–H and O–H groups in total. The maximum Gasteiger partial charge on any atom is 0.254 e. The molecule has 5 rings (SSSR count). The first-order valence-electron chi connectivity index (χ1n) is 12.2. The molecule has 0 fully saturated rings. The normalized spacial score (nSPS) is 12.9. The van der Waals surface area contributed by atoms with Crippen molar-refractivity contribution in [1.29, 1.82) is 0 Å². The standard InChI is InChI=1S/C30H26I2N2O2S/c31-24-15-22(16-25(32)28(24)36-19-21-11-5-2-6-12-21)18-34-30-27(23-13-7-8-14-26(23)37-30)29(35)33-17-20-9-3-1-4-10-20/h1-6,9-12,15-16,18H,7-8,13-14,17,19H2,(H,33,35)/b34-18-. The van der Waals surface area contributed by atoms with Crippen molar-refractivity contribution >= 4 is 73.6 Å². The minimum Gasteiger partial charge on any atom is -0.487 e. The fourth-order valence-corrected chi connectivity index (χ4v) is 7.76. The first-order chi connectivity index (χ1) is 18.1. The molecule has 0 bridgehead atoms. The summed E-state index contributed by atoms with van der Waals surface area (Å²) in [6, 6.07) is 24.4. The summed E-state index contributed by atoms with van der Waals surface area (Å²) in [6.45, 7) is 1.04. The summed E-state index contributed by atoms with van der Waals surface area (Å²) in [5.41, 5.74) is 5.15. The number of hydrogen-bond acceptors (Lipinski definition) is 4. The van der Waals surface area contributed by atoms with E-state index in [1.54, 1.807) is 11.3 Å². The van der Waals surface area contributed by atoms with Crippen LogP contribution in [0.4, 0.5) is 5.00 Å². The van der Waals surface area contributed by atoms with E-state index in [4.69, 9.17) is 9.73 Å². The van der Waals surface area contributed by atoms with Crippen LogP contribution in [0.25, 0.3) is 0 Å². The van der Waals surface area contributed by atoms with Gasteiger partial charge in [0.1, 0.15) is 17.4 Å². The summed E-state index contributed by atoms with van der Waals surface area (Å²) in [5, 5.41) is 3.92. The largest absolute Gasteiger partial charge is 0.487 e. The Bertz CT molecular complexity index is 1400. The van der Waals surface area contributed by atoms with Gasteiger partial charge in [0.05, 0.1) is 12.7 Å². The molecule has 188 valence electrons. The lowest BCUT2D eigenvalue weighted by Crippen LogP contribution is -2.24. The molecule has 7 heteroatoms. The van der Waals surface area contributed by atoms with Crippen LogP contribution in [-0.2, 0) is 26.0 Å². The highest BCUT2D eigenvalue weighted by atomic mass is 127. The van der Waals surface area contributed by atoms with Crippen molar-refractivity contribution in [3.63, 3.8) is 0 Å². The fraction of sp³-hybridized carbons (Fsp3) is 0.200. The van der Waals surface area contributed by atoms with E-state index in [1.165, 1.54) is 16.9 Å². The quantitative estimate of drug-likeness (QED) is 0.147. The molecule has 1 aliphatic carbocycles. The third-order valence-corrected chi connectivity index (χ3v) is 9.06. The molecule has 0 radical (unpaired) electrons. The summed E-state index contributed by atoms with van der Waals surface area (Å²) in [6.07, 6.45) is 6.13. The van der Waals surface area contributed by atoms with Crippen LogP contribution in [0, 0.1) is 7.14 Å². The van der Waals surface area contributed by atoms with Crippen LogP contribution in [0.3, 0.4) is 0 Å². The molecule has 0 spiro atoms. The SMILES string of the molecule is O=C(NCc1ccccc1)c1c(/N=C\c2cc(I)c(OCc3ccccc3)c(I)c2)sc2c1CCCC2. The Kier molecular flexibility index (Phi) is 8.93. The molecule has 1 aromatic heterocycles. The van der Waals surface area contributed by atoms with E-state index in [-0.39, 0.29) is 5.91 Å². The Morgan fingerprint density at radius 2 is 1.59 bits per heavy atom. The van der Waals surface area contributed by atoms with E-state index >= 15 is 0 Å². The number of benzene rings is 3. The van der Waals surface area contributed by atoms with Gasteiger partial charge < -0.3 is 10.1 Å². The number of aliphatic imine (C=N–C) groups is 1. The number of aryl methyl sites for hydroxylation is 1. The second-order valence-corrected chi connectivity index (χ2v) is 12.3. The molecule has 1 heterocycles. The molecule has 37 heavy (non-hydrogen) atoms. The number of carbonyl (C=O) groups is 1. The Balaban J connectivity index is 1.36. The van der Waals surface area contributed by atoms with Gasteiger partial charge in [-0.25, -0.2) is 4.99 Å². The van der Waals surface area contributed by atoms with Crippen LogP contribution >= 0.6 is 56.5 Å². The number of fused-ring (bicyclic) bond motifs is 1. The number of amides is 1. The van der Waals surface area contributed by atoms with Crippen LogP contribution < -0.4 is 10.1 Å². The van der Waals surface area contributed by atoms with Gasteiger partial charge in [0.2, 0.25) is 0 Å².